The highest BCUT2D eigenvalue weighted by molar-refractivity contribution is 5.73. The van der Waals surface area contributed by atoms with E-state index in [9.17, 15) is 9.59 Å². The third-order valence-electron chi connectivity index (χ3n) is 4.60. The Hall–Kier alpha value is -2.08. The number of esters is 2. The molecule has 0 N–H and O–H groups in total. The number of rotatable bonds is 24. The second-order valence-corrected chi connectivity index (χ2v) is 7.45. The van der Waals surface area contributed by atoms with Crippen LogP contribution in [0.25, 0.3) is 0 Å². The monoisotopic (exact) mass is 514 g/mol. The average molecular weight is 515 g/mol. The molecule has 0 aromatic heterocycles. The van der Waals surface area contributed by atoms with Crippen LogP contribution >= 0.6 is 0 Å². The van der Waals surface area contributed by atoms with Gasteiger partial charge in [-0.3, -0.25) is 9.59 Å². The summed E-state index contributed by atoms with van der Waals surface area (Å²) in [6, 6.07) is 7.20. The first kappa shape index (κ1) is 31.9. The van der Waals surface area contributed by atoms with Crippen LogP contribution in [0.5, 0.6) is 0 Å². The molecule has 10 heteroatoms. The van der Waals surface area contributed by atoms with Gasteiger partial charge in [-0.2, -0.15) is 0 Å². The molecule has 0 atom stereocenters. The Labute approximate surface area is 214 Å². The molecule has 0 saturated carbocycles. The molecule has 206 valence electrons. The topological polar surface area (TPSA) is 108 Å². The molecule has 0 radical (unpaired) electrons. The molecule has 0 aliphatic carbocycles. The largest absolute Gasteiger partial charge is 0.463 e. The van der Waals surface area contributed by atoms with Gasteiger partial charge in [-0.15, -0.1) is 0 Å². The van der Waals surface area contributed by atoms with Crippen LogP contribution in [0.1, 0.15) is 25.0 Å². The number of hydrogen-bond acceptors (Lipinski definition) is 10. The lowest BCUT2D eigenvalue weighted by Gasteiger charge is -2.08. The summed E-state index contributed by atoms with van der Waals surface area (Å²) in [7, 11) is 0. The van der Waals surface area contributed by atoms with Crippen LogP contribution in [0.3, 0.4) is 0 Å². The summed E-state index contributed by atoms with van der Waals surface area (Å²) in [6.07, 6.45) is 0.301. The molecular formula is C26H42O10. The minimum absolute atomic E-state index is 0.151. The molecule has 0 unspecified atom stereocenters. The highest BCUT2D eigenvalue weighted by Gasteiger charge is 2.08. The minimum atomic E-state index is -0.335. The molecular weight excluding hydrogens is 472 g/mol. The predicted octanol–water partition coefficient (Wildman–Crippen LogP) is 2.00. The Morgan fingerprint density at radius 2 is 0.750 bits per heavy atom. The first-order chi connectivity index (χ1) is 17.7. The van der Waals surface area contributed by atoms with Gasteiger partial charge in [0.05, 0.1) is 78.9 Å². The van der Waals surface area contributed by atoms with Crippen LogP contribution in [0, 0.1) is 0 Å². The fourth-order valence-electron chi connectivity index (χ4n) is 2.81. The van der Waals surface area contributed by atoms with E-state index >= 15 is 0 Å². The number of carbonyl (C=O) groups excluding carboxylic acids is 2. The van der Waals surface area contributed by atoms with Crippen LogP contribution in [-0.4, -0.2) is 104 Å². The van der Waals surface area contributed by atoms with Gasteiger partial charge in [-0.1, -0.05) is 24.3 Å². The van der Waals surface area contributed by atoms with Crippen LogP contribution in [0.4, 0.5) is 0 Å². The van der Waals surface area contributed by atoms with Crippen molar-refractivity contribution < 1.29 is 47.5 Å². The highest BCUT2D eigenvalue weighted by atomic mass is 16.6. The summed E-state index contributed by atoms with van der Waals surface area (Å²) in [5.74, 6) is -0.670. The van der Waals surface area contributed by atoms with Crippen molar-refractivity contribution in [1.82, 2.24) is 0 Å². The number of hydrogen-bond donors (Lipinski definition) is 0. The lowest BCUT2D eigenvalue weighted by atomic mass is 10.1. The van der Waals surface area contributed by atoms with Crippen LogP contribution in [0.15, 0.2) is 24.3 Å². The number of benzene rings is 1. The van der Waals surface area contributed by atoms with E-state index in [1.807, 2.05) is 13.8 Å². The van der Waals surface area contributed by atoms with Crippen molar-refractivity contribution in [2.75, 3.05) is 92.5 Å². The third-order valence-corrected chi connectivity index (χ3v) is 4.60. The molecule has 0 spiro atoms. The first-order valence-corrected chi connectivity index (χ1v) is 12.5. The average Bonchev–Trinajstić information content (AvgIpc) is 2.87. The van der Waals surface area contributed by atoms with Crippen molar-refractivity contribution in [3.8, 4) is 0 Å². The van der Waals surface area contributed by atoms with E-state index in [2.05, 4.69) is 0 Å². The molecule has 0 bridgehead atoms. The zero-order valence-electron chi connectivity index (χ0n) is 21.7. The summed E-state index contributed by atoms with van der Waals surface area (Å²) >= 11 is 0. The van der Waals surface area contributed by atoms with E-state index in [1.165, 1.54) is 0 Å². The molecule has 0 amide bonds. The molecule has 0 aliphatic rings. The summed E-state index contributed by atoms with van der Waals surface area (Å²) in [5.41, 5.74) is 1.61. The maximum atomic E-state index is 12.0. The van der Waals surface area contributed by atoms with Gasteiger partial charge >= 0.3 is 11.9 Å². The second kappa shape index (κ2) is 23.3. The molecule has 0 aliphatic heterocycles. The van der Waals surface area contributed by atoms with E-state index in [-0.39, 0.29) is 38.0 Å². The molecule has 36 heavy (non-hydrogen) atoms. The Balaban J connectivity index is 2.03. The Bertz CT molecular complexity index is 608. The second-order valence-electron chi connectivity index (χ2n) is 7.45. The SMILES string of the molecule is CCOCCOCCOCCOC(=O)Cc1ccc(CC(=O)OCCOCCOCCOCC)cc1. The Morgan fingerprint density at radius 1 is 0.472 bits per heavy atom. The summed E-state index contributed by atoms with van der Waals surface area (Å²) in [4.78, 5) is 23.9. The normalized spacial score (nSPS) is 10.9. The smallest absolute Gasteiger partial charge is 0.310 e. The summed E-state index contributed by atoms with van der Waals surface area (Å²) < 4.78 is 42.0. The lowest BCUT2D eigenvalue weighted by molar-refractivity contribution is -0.145. The van der Waals surface area contributed by atoms with Gasteiger partial charge in [-0.05, 0) is 25.0 Å². The van der Waals surface area contributed by atoms with E-state index in [1.54, 1.807) is 24.3 Å². The van der Waals surface area contributed by atoms with Crippen molar-refractivity contribution in [2.24, 2.45) is 0 Å². The van der Waals surface area contributed by atoms with Gasteiger partial charge in [0.25, 0.3) is 0 Å². The maximum Gasteiger partial charge on any atom is 0.310 e. The lowest BCUT2D eigenvalue weighted by Crippen LogP contribution is -2.15. The minimum Gasteiger partial charge on any atom is -0.463 e. The third kappa shape index (κ3) is 19.1. The van der Waals surface area contributed by atoms with E-state index in [0.717, 1.165) is 11.1 Å². The summed E-state index contributed by atoms with van der Waals surface area (Å²) in [5, 5.41) is 0. The van der Waals surface area contributed by atoms with Gasteiger partial charge < -0.3 is 37.9 Å². The van der Waals surface area contributed by atoms with Gasteiger partial charge in [0, 0.05) is 13.2 Å². The van der Waals surface area contributed by atoms with Crippen molar-refractivity contribution in [1.29, 1.82) is 0 Å². The molecule has 0 heterocycles. The molecule has 1 aromatic carbocycles. The zero-order chi connectivity index (χ0) is 26.1. The van der Waals surface area contributed by atoms with E-state index in [4.69, 9.17) is 37.9 Å². The van der Waals surface area contributed by atoms with E-state index in [0.29, 0.717) is 79.3 Å². The molecule has 1 rings (SSSR count). The number of carbonyl (C=O) groups is 2. The van der Waals surface area contributed by atoms with Crippen molar-refractivity contribution in [3.05, 3.63) is 35.4 Å². The maximum absolute atomic E-state index is 12.0. The summed E-state index contributed by atoms with van der Waals surface area (Å²) in [6.45, 7) is 10.2. The van der Waals surface area contributed by atoms with Gasteiger partial charge in [0.1, 0.15) is 13.2 Å². The zero-order valence-corrected chi connectivity index (χ0v) is 21.7. The van der Waals surface area contributed by atoms with Gasteiger partial charge in [-0.25, -0.2) is 0 Å². The molecule has 1 aromatic rings. The fourth-order valence-corrected chi connectivity index (χ4v) is 2.81. The first-order valence-electron chi connectivity index (χ1n) is 12.5. The van der Waals surface area contributed by atoms with Gasteiger partial charge in [0.15, 0.2) is 0 Å². The molecule has 10 nitrogen and oxygen atoms in total. The predicted molar refractivity (Wildman–Crippen MR) is 132 cm³/mol. The highest BCUT2D eigenvalue weighted by Crippen LogP contribution is 2.07. The van der Waals surface area contributed by atoms with Gasteiger partial charge in [0.2, 0.25) is 0 Å². The van der Waals surface area contributed by atoms with Crippen LogP contribution in [-0.2, 0) is 60.3 Å². The van der Waals surface area contributed by atoms with E-state index < -0.39 is 0 Å². The van der Waals surface area contributed by atoms with Crippen molar-refractivity contribution in [2.45, 2.75) is 26.7 Å². The Kier molecular flexibility index (Phi) is 20.7. The van der Waals surface area contributed by atoms with Crippen LogP contribution < -0.4 is 0 Å². The number of ether oxygens (including phenoxy) is 8. The quantitative estimate of drug-likeness (QED) is 0.150. The molecule has 0 saturated heterocycles. The van der Waals surface area contributed by atoms with Crippen molar-refractivity contribution >= 4 is 11.9 Å². The standard InChI is InChI=1S/C26H42O10/c1-3-29-9-11-31-13-15-33-17-19-35-25(27)21-23-5-7-24(8-6-23)22-26(28)36-20-18-34-16-14-32-12-10-30-4-2/h5-8H,3-4,9-22H2,1-2H3. The van der Waals surface area contributed by atoms with Crippen LogP contribution in [0.2, 0.25) is 0 Å². The van der Waals surface area contributed by atoms with Crippen molar-refractivity contribution in [3.63, 3.8) is 0 Å². The fraction of sp³-hybridized carbons (Fsp3) is 0.692. The molecule has 0 fully saturated rings. The Morgan fingerprint density at radius 3 is 1.06 bits per heavy atom.